The standard InChI is InChI=1S/C26H29ClFN3O3/c1-26(2,34)16-31(15-23-21(27)7-4-11-29-23)24(32)9-8-17-5-3-6-18-14-30(12-10-19(17)18)25(33)20-13-22(20)28/h3-9,11,20,22,34H,10,12-16H2,1-2H3/b9-8+/t20-,22+/m0/s1. The first-order valence-electron chi connectivity index (χ1n) is 11.4. The van der Waals surface area contributed by atoms with E-state index < -0.39 is 17.7 Å². The maximum absolute atomic E-state index is 13.3. The number of carbonyl (C=O) groups excluding carboxylic acids is 2. The number of alkyl halides is 1. The number of rotatable bonds is 7. The molecule has 1 aliphatic carbocycles. The van der Waals surface area contributed by atoms with E-state index in [2.05, 4.69) is 4.98 Å². The predicted molar refractivity (Wildman–Crippen MR) is 129 cm³/mol. The van der Waals surface area contributed by atoms with Crippen LogP contribution in [-0.2, 0) is 29.1 Å². The van der Waals surface area contributed by atoms with Gasteiger partial charge in [-0.2, -0.15) is 0 Å². The first-order chi connectivity index (χ1) is 16.1. The summed E-state index contributed by atoms with van der Waals surface area (Å²) in [4.78, 5) is 33.0. The van der Waals surface area contributed by atoms with Crippen LogP contribution in [0.3, 0.4) is 0 Å². The van der Waals surface area contributed by atoms with Gasteiger partial charge in [-0.3, -0.25) is 14.6 Å². The molecular formula is C26H29ClFN3O3. The number of amides is 2. The molecule has 0 saturated heterocycles. The fraction of sp³-hybridized carbons (Fsp3) is 0.423. The molecule has 0 unspecified atom stereocenters. The number of carbonyl (C=O) groups is 2. The molecule has 0 spiro atoms. The van der Waals surface area contributed by atoms with Crippen molar-refractivity contribution in [2.24, 2.45) is 5.92 Å². The number of aliphatic hydroxyl groups is 1. The first-order valence-corrected chi connectivity index (χ1v) is 11.8. The van der Waals surface area contributed by atoms with E-state index >= 15 is 0 Å². The van der Waals surface area contributed by atoms with E-state index in [0.29, 0.717) is 36.6 Å². The molecule has 1 aromatic carbocycles. The molecule has 1 saturated carbocycles. The van der Waals surface area contributed by atoms with Crippen molar-refractivity contribution in [1.29, 1.82) is 0 Å². The Morgan fingerprint density at radius 1 is 1.32 bits per heavy atom. The third-order valence-corrected chi connectivity index (χ3v) is 6.46. The summed E-state index contributed by atoms with van der Waals surface area (Å²) in [6.45, 7) is 4.57. The lowest BCUT2D eigenvalue weighted by Gasteiger charge is -2.30. The second-order valence-corrected chi connectivity index (χ2v) is 10.0. The molecule has 8 heteroatoms. The number of hydrogen-bond donors (Lipinski definition) is 1. The van der Waals surface area contributed by atoms with E-state index in [1.54, 1.807) is 43.2 Å². The molecule has 2 atom stereocenters. The van der Waals surface area contributed by atoms with E-state index in [1.807, 2.05) is 18.2 Å². The maximum atomic E-state index is 13.3. The molecule has 1 aromatic heterocycles. The van der Waals surface area contributed by atoms with Gasteiger partial charge >= 0.3 is 0 Å². The number of benzene rings is 1. The summed E-state index contributed by atoms with van der Waals surface area (Å²) in [7, 11) is 0. The molecule has 6 nitrogen and oxygen atoms in total. The zero-order valence-corrected chi connectivity index (χ0v) is 20.1. The number of nitrogens with zero attached hydrogens (tertiary/aromatic N) is 3. The molecule has 0 bridgehead atoms. The molecule has 1 aliphatic heterocycles. The summed E-state index contributed by atoms with van der Waals surface area (Å²) in [6, 6.07) is 9.25. The van der Waals surface area contributed by atoms with Gasteiger partial charge in [-0.25, -0.2) is 4.39 Å². The SMILES string of the molecule is CC(C)(O)CN(Cc1ncccc1Cl)C(=O)/C=C/c1cccc2c1CCN(C(=O)[C@H]1C[C@H]1F)C2. The van der Waals surface area contributed by atoms with Crippen LogP contribution >= 0.6 is 11.6 Å². The average Bonchev–Trinajstić information content (AvgIpc) is 3.53. The molecule has 2 aliphatic rings. The normalized spacial score (nSPS) is 19.7. The van der Waals surface area contributed by atoms with E-state index in [-0.39, 0.29) is 24.9 Å². The zero-order valence-electron chi connectivity index (χ0n) is 19.4. The molecule has 2 heterocycles. The number of hydrogen-bond acceptors (Lipinski definition) is 4. The summed E-state index contributed by atoms with van der Waals surface area (Å²) in [5.41, 5.74) is 2.48. The third kappa shape index (κ3) is 5.83. The molecule has 34 heavy (non-hydrogen) atoms. The molecule has 180 valence electrons. The molecule has 0 radical (unpaired) electrons. The summed E-state index contributed by atoms with van der Waals surface area (Å²) in [5.74, 6) is -0.849. The molecule has 2 amide bonds. The zero-order chi connectivity index (χ0) is 24.5. The van der Waals surface area contributed by atoms with Crippen molar-refractivity contribution in [2.75, 3.05) is 13.1 Å². The van der Waals surface area contributed by atoms with Gasteiger partial charge in [0.25, 0.3) is 0 Å². The second-order valence-electron chi connectivity index (χ2n) is 9.62. The van der Waals surface area contributed by atoms with Crippen molar-refractivity contribution < 1.29 is 19.1 Å². The molecule has 4 rings (SSSR count). The van der Waals surface area contributed by atoms with Crippen LogP contribution in [0.5, 0.6) is 0 Å². The van der Waals surface area contributed by atoms with Crippen molar-refractivity contribution >= 4 is 29.5 Å². The van der Waals surface area contributed by atoms with Crippen LogP contribution in [-0.4, -0.2) is 56.6 Å². The highest BCUT2D eigenvalue weighted by molar-refractivity contribution is 6.31. The van der Waals surface area contributed by atoms with Gasteiger partial charge < -0.3 is 14.9 Å². The molecule has 2 aromatic rings. The van der Waals surface area contributed by atoms with Crippen LogP contribution in [0.15, 0.2) is 42.6 Å². The van der Waals surface area contributed by atoms with Crippen LogP contribution in [0.2, 0.25) is 5.02 Å². The lowest BCUT2D eigenvalue weighted by Crippen LogP contribution is -2.41. The highest BCUT2D eigenvalue weighted by Crippen LogP contribution is 2.37. The van der Waals surface area contributed by atoms with Crippen LogP contribution in [0.25, 0.3) is 6.08 Å². The van der Waals surface area contributed by atoms with Crippen LogP contribution in [0.4, 0.5) is 4.39 Å². The Morgan fingerprint density at radius 3 is 2.76 bits per heavy atom. The Labute approximate surface area is 204 Å². The first kappa shape index (κ1) is 24.4. The third-order valence-electron chi connectivity index (χ3n) is 6.11. The summed E-state index contributed by atoms with van der Waals surface area (Å²) in [6.07, 6.45) is 4.86. The number of fused-ring (bicyclic) bond motifs is 1. The van der Waals surface area contributed by atoms with Crippen molar-refractivity contribution in [1.82, 2.24) is 14.8 Å². The van der Waals surface area contributed by atoms with Gasteiger partial charge in [0.1, 0.15) is 6.17 Å². The minimum absolute atomic E-state index is 0.107. The Hall–Kier alpha value is -2.77. The lowest BCUT2D eigenvalue weighted by atomic mass is 9.94. The molecular weight excluding hydrogens is 457 g/mol. The van der Waals surface area contributed by atoms with Gasteiger partial charge in [0.2, 0.25) is 11.8 Å². The fourth-order valence-electron chi connectivity index (χ4n) is 4.30. The summed E-state index contributed by atoms with van der Waals surface area (Å²) < 4.78 is 13.3. The second kappa shape index (κ2) is 9.84. The minimum Gasteiger partial charge on any atom is -0.389 e. The Kier molecular flexibility index (Phi) is 7.05. The van der Waals surface area contributed by atoms with Gasteiger partial charge in [0.05, 0.1) is 28.8 Å². The van der Waals surface area contributed by atoms with Crippen molar-refractivity contribution in [3.63, 3.8) is 0 Å². The highest BCUT2D eigenvalue weighted by Gasteiger charge is 2.46. The average molecular weight is 486 g/mol. The van der Waals surface area contributed by atoms with E-state index in [9.17, 15) is 19.1 Å². The van der Waals surface area contributed by atoms with Crippen LogP contribution in [0.1, 0.15) is 42.7 Å². The maximum Gasteiger partial charge on any atom is 0.247 e. The number of pyridine rings is 1. The van der Waals surface area contributed by atoms with E-state index in [1.165, 1.54) is 11.0 Å². The molecule has 1 N–H and O–H groups in total. The predicted octanol–water partition coefficient (Wildman–Crippen LogP) is 3.79. The minimum atomic E-state index is -1.09. The fourth-order valence-corrected chi connectivity index (χ4v) is 4.48. The number of halogens is 2. The quantitative estimate of drug-likeness (QED) is 0.605. The monoisotopic (exact) mass is 485 g/mol. The van der Waals surface area contributed by atoms with E-state index in [4.69, 9.17) is 11.6 Å². The molecule has 1 fully saturated rings. The topological polar surface area (TPSA) is 73.7 Å². The highest BCUT2D eigenvalue weighted by atomic mass is 35.5. The smallest absolute Gasteiger partial charge is 0.247 e. The number of aromatic nitrogens is 1. The Bertz CT molecular complexity index is 1110. The van der Waals surface area contributed by atoms with Crippen molar-refractivity contribution in [3.05, 3.63) is 70.0 Å². The van der Waals surface area contributed by atoms with Crippen LogP contribution < -0.4 is 0 Å². The van der Waals surface area contributed by atoms with Gasteiger partial charge in [-0.05, 0) is 61.6 Å². The van der Waals surface area contributed by atoms with Crippen molar-refractivity contribution in [2.45, 2.75) is 51.6 Å². The Balaban J connectivity index is 1.50. The summed E-state index contributed by atoms with van der Waals surface area (Å²) in [5, 5.41) is 10.8. The van der Waals surface area contributed by atoms with Crippen molar-refractivity contribution in [3.8, 4) is 0 Å². The van der Waals surface area contributed by atoms with Gasteiger partial charge in [-0.15, -0.1) is 0 Å². The van der Waals surface area contributed by atoms with Gasteiger partial charge in [0, 0.05) is 31.9 Å². The van der Waals surface area contributed by atoms with Crippen LogP contribution in [0, 0.1) is 5.92 Å². The Morgan fingerprint density at radius 2 is 2.09 bits per heavy atom. The summed E-state index contributed by atoms with van der Waals surface area (Å²) >= 11 is 6.23. The lowest BCUT2D eigenvalue weighted by molar-refractivity contribution is -0.134. The van der Waals surface area contributed by atoms with E-state index in [0.717, 1.165) is 16.7 Å². The van der Waals surface area contributed by atoms with Gasteiger partial charge in [-0.1, -0.05) is 29.8 Å². The van der Waals surface area contributed by atoms with Gasteiger partial charge in [0.15, 0.2) is 0 Å². The largest absolute Gasteiger partial charge is 0.389 e.